The summed E-state index contributed by atoms with van der Waals surface area (Å²) in [5.41, 5.74) is 3.94. The van der Waals surface area contributed by atoms with E-state index >= 15 is 0 Å². The molecule has 1 aromatic carbocycles. The summed E-state index contributed by atoms with van der Waals surface area (Å²) >= 11 is 0. The summed E-state index contributed by atoms with van der Waals surface area (Å²) in [6, 6.07) is 10.8. The largest absolute Gasteiger partial charge is 0.468 e. The fraction of sp³-hybridized carbons (Fsp3) is 0.500. The molecule has 2 rings (SSSR count). The monoisotopic (exact) mass is 325 g/mol. The van der Waals surface area contributed by atoms with Gasteiger partial charge in [0.15, 0.2) is 0 Å². The molecule has 24 heavy (non-hydrogen) atoms. The van der Waals surface area contributed by atoms with Gasteiger partial charge >= 0.3 is 0 Å². The fourth-order valence-corrected chi connectivity index (χ4v) is 3.11. The van der Waals surface area contributed by atoms with Crippen molar-refractivity contribution >= 4 is 6.21 Å². The highest BCUT2D eigenvalue weighted by Crippen LogP contribution is 2.17. The Hall–Kier alpha value is -1.83. The second kappa shape index (κ2) is 10.9. The first-order chi connectivity index (χ1) is 11.8. The van der Waals surface area contributed by atoms with E-state index in [1.165, 1.54) is 49.7 Å². The first kappa shape index (κ1) is 18.5. The molecule has 0 fully saturated rings. The predicted octanol–water partition coefficient (Wildman–Crippen LogP) is 6.02. The SMILES string of the molecule is CCc1occ(C=NCCCCCCCc2ccccc2)c1CC. The Balaban J connectivity index is 1.56. The number of hydrogen-bond acceptors (Lipinski definition) is 2. The minimum absolute atomic E-state index is 0.925. The molecule has 130 valence electrons. The first-order valence-electron chi connectivity index (χ1n) is 9.48. The summed E-state index contributed by atoms with van der Waals surface area (Å²) < 4.78 is 5.60. The average molecular weight is 325 g/mol. The third kappa shape index (κ3) is 5.99. The number of benzene rings is 1. The number of furan rings is 1. The molecule has 0 aliphatic rings. The lowest BCUT2D eigenvalue weighted by Crippen LogP contribution is -1.91. The third-order valence-corrected chi connectivity index (χ3v) is 4.51. The lowest BCUT2D eigenvalue weighted by atomic mass is 10.1. The van der Waals surface area contributed by atoms with Crippen LogP contribution in [0.15, 0.2) is 46.0 Å². The van der Waals surface area contributed by atoms with Crippen molar-refractivity contribution < 1.29 is 4.42 Å². The van der Waals surface area contributed by atoms with E-state index in [1.54, 1.807) is 0 Å². The predicted molar refractivity (Wildman–Crippen MR) is 103 cm³/mol. The van der Waals surface area contributed by atoms with Gasteiger partial charge in [-0.2, -0.15) is 0 Å². The second-order valence-corrected chi connectivity index (χ2v) is 6.34. The summed E-state index contributed by atoms with van der Waals surface area (Å²) in [4.78, 5) is 4.58. The molecule has 0 N–H and O–H groups in total. The topological polar surface area (TPSA) is 25.5 Å². The Morgan fingerprint density at radius 2 is 1.67 bits per heavy atom. The Bertz CT molecular complexity index is 598. The van der Waals surface area contributed by atoms with Gasteiger partial charge in [0.05, 0.1) is 6.26 Å². The molecule has 2 aromatic rings. The van der Waals surface area contributed by atoms with Crippen molar-refractivity contribution in [3.05, 3.63) is 59.0 Å². The number of nitrogens with zero attached hydrogens (tertiary/aromatic N) is 1. The summed E-state index contributed by atoms with van der Waals surface area (Å²) in [6.07, 6.45) is 13.4. The zero-order valence-corrected chi connectivity index (χ0v) is 15.3. The Morgan fingerprint density at radius 1 is 0.917 bits per heavy atom. The van der Waals surface area contributed by atoms with Crippen LogP contribution in [0.25, 0.3) is 0 Å². The van der Waals surface area contributed by atoms with E-state index < -0.39 is 0 Å². The van der Waals surface area contributed by atoms with Gasteiger partial charge in [0.2, 0.25) is 0 Å². The maximum absolute atomic E-state index is 5.60. The number of unbranched alkanes of at least 4 members (excludes halogenated alkanes) is 4. The molecule has 0 aliphatic heterocycles. The van der Waals surface area contributed by atoms with E-state index in [-0.39, 0.29) is 0 Å². The van der Waals surface area contributed by atoms with Crippen LogP contribution in [0.2, 0.25) is 0 Å². The number of rotatable bonds is 11. The maximum atomic E-state index is 5.60. The molecule has 0 radical (unpaired) electrons. The van der Waals surface area contributed by atoms with Gasteiger partial charge in [-0.3, -0.25) is 4.99 Å². The smallest absolute Gasteiger partial charge is 0.107 e. The molecular formula is C22H31NO. The van der Waals surface area contributed by atoms with Crippen molar-refractivity contribution in [3.8, 4) is 0 Å². The Kier molecular flexibility index (Phi) is 8.37. The fourth-order valence-electron chi connectivity index (χ4n) is 3.11. The molecule has 2 nitrogen and oxygen atoms in total. The van der Waals surface area contributed by atoms with Crippen molar-refractivity contribution in [3.63, 3.8) is 0 Å². The van der Waals surface area contributed by atoms with E-state index in [0.29, 0.717) is 0 Å². The van der Waals surface area contributed by atoms with Crippen LogP contribution in [0.5, 0.6) is 0 Å². The van der Waals surface area contributed by atoms with Gasteiger partial charge in [-0.15, -0.1) is 0 Å². The lowest BCUT2D eigenvalue weighted by molar-refractivity contribution is 0.511. The first-order valence-corrected chi connectivity index (χ1v) is 9.48. The number of aryl methyl sites for hydroxylation is 2. The van der Waals surface area contributed by atoms with Crippen molar-refractivity contribution in [2.75, 3.05) is 6.54 Å². The van der Waals surface area contributed by atoms with Crippen LogP contribution < -0.4 is 0 Å². The quantitative estimate of drug-likeness (QED) is 0.366. The van der Waals surface area contributed by atoms with Gasteiger partial charge in [-0.05, 0) is 31.2 Å². The van der Waals surface area contributed by atoms with Gasteiger partial charge in [-0.25, -0.2) is 0 Å². The summed E-state index contributed by atoms with van der Waals surface area (Å²) in [7, 11) is 0. The maximum Gasteiger partial charge on any atom is 0.107 e. The highest BCUT2D eigenvalue weighted by molar-refractivity contribution is 5.81. The molecule has 0 saturated carbocycles. The van der Waals surface area contributed by atoms with Crippen molar-refractivity contribution in [2.45, 2.75) is 65.2 Å². The summed E-state index contributed by atoms with van der Waals surface area (Å²) in [6.45, 7) is 5.24. The molecule has 0 atom stereocenters. The van der Waals surface area contributed by atoms with Crippen LogP contribution >= 0.6 is 0 Å². The average Bonchev–Trinajstić information content (AvgIpc) is 3.03. The van der Waals surface area contributed by atoms with Gasteiger partial charge in [0.25, 0.3) is 0 Å². The lowest BCUT2D eigenvalue weighted by Gasteiger charge is -2.01. The zero-order valence-electron chi connectivity index (χ0n) is 15.3. The molecule has 0 amide bonds. The van der Waals surface area contributed by atoms with Crippen LogP contribution in [0.1, 0.15) is 68.4 Å². The van der Waals surface area contributed by atoms with Crippen molar-refractivity contribution in [1.82, 2.24) is 0 Å². The molecule has 1 heterocycles. The summed E-state index contributed by atoms with van der Waals surface area (Å²) in [5.74, 6) is 1.11. The van der Waals surface area contributed by atoms with E-state index in [1.807, 2.05) is 12.5 Å². The Labute approximate surface area is 147 Å². The van der Waals surface area contributed by atoms with E-state index in [4.69, 9.17) is 4.42 Å². The molecule has 1 aromatic heterocycles. The van der Waals surface area contributed by atoms with Crippen LogP contribution in [0, 0.1) is 0 Å². The van der Waals surface area contributed by atoms with Gasteiger partial charge in [0.1, 0.15) is 5.76 Å². The van der Waals surface area contributed by atoms with Gasteiger partial charge in [0, 0.05) is 30.3 Å². The molecule has 0 bridgehead atoms. The van der Waals surface area contributed by atoms with Crippen LogP contribution in [0.3, 0.4) is 0 Å². The highest BCUT2D eigenvalue weighted by Gasteiger charge is 2.08. The van der Waals surface area contributed by atoms with Crippen molar-refractivity contribution in [2.24, 2.45) is 4.99 Å². The van der Waals surface area contributed by atoms with E-state index in [0.717, 1.165) is 30.7 Å². The zero-order chi connectivity index (χ0) is 17.0. The van der Waals surface area contributed by atoms with Crippen molar-refractivity contribution in [1.29, 1.82) is 0 Å². The summed E-state index contributed by atoms with van der Waals surface area (Å²) in [5, 5.41) is 0. The third-order valence-electron chi connectivity index (χ3n) is 4.51. The standard InChI is InChI=1S/C22H31NO/c1-3-21-20(18-24-22(21)4-2)17-23-16-12-7-5-6-9-13-19-14-10-8-11-15-19/h8,10-11,14-15,17-18H,3-7,9,12-13,16H2,1-2H3. The van der Waals surface area contributed by atoms with Crippen LogP contribution in [-0.2, 0) is 19.3 Å². The minimum atomic E-state index is 0.925. The molecule has 0 spiro atoms. The highest BCUT2D eigenvalue weighted by atomic mass is 16.3. The second-order valence-electron chi connectivity index (χ2n) is 6.34. The molecule has 0 aliphatic carbocycles. The molecule has 0 saturated heterocycles. The number of aliphatic imine (C=N–C) groups is 1. The van der Waals surface area contributed by atoms with Crippen LogP contribution in [0.4, 0.5) is 0 Å². The molecule has 2 heteroatoms. The van der Waals surface area contributed by atoms with Gasteiger partial charge < -0.3 is 4.42 Å². The minimum Gasteiger partial charge on any atom is -0.468 e. The molecule has 0 unspecified atom stereocenters. The van der Waals surface area contributed by atoms with E-state index in [9.17, 15) is 0 Å². The van der Waals surface area contributed by atoms with E-state index in [2.05, 4.69) is 49.2 Å². The Morgan fingerprint density at radius 3 is 2.42 bits per heavy atom. The number of hydrogen-bond donors (Lipinski definition) is 0. The normalized spacial score (nSPS) is 11.4. The van der Waals surface area contributed by atoms with Gasteiger partial charge in [-0.1, -0.05) is 63.4 Å². The van der Waals surface area contributed by atoms with Crippen LogP contribution in [-0.4, -0.2) is 12.8 Å². The molecular weight excluding hydrogens is 294 g/mol.